The topological polar surface area (TPSA) is 103 Å². The first-order valence-electron chi connectivity index (χ1n) is 12.3. The van der Waals surface area contributed by atoms with Crippen LogP contribution < -0.4 is 16.0 Å². The molecule has 0 unspecified atom stereocenters. The second-order valence-electron chi connectivity index (χ2n) is 9.35. The zero-order valence-corrected chi connectivity index (χ0v) is 23.4. The summed E-state index contributed by atoms with van der Waals surface area (Å²) in [6.07, 6.45) is 2.08. The van der Waals surface area contributed by atoms with Crippen molar-refractivity contribution in [2.24, 2.45) is 5.92 Å². The van der Waals surface area contributed by atoms with E-state index in [4.69, 9.17) is 11.6 Å². The Morgan fingerprint density at radius 2 is 1.92 bits per heavy atom. The van der Waals surface area contributed by atoms with E-state index in [0.29, 0.717) is 30.0 Å². The van der Waals surface area contributed by atoms with Crippen molar-refractivity contribution in [3.63, 3.8) is 0 Å². The number of fused-ring (bicyclic) bond motifs is 1. The van der Waals surface area contributed by atoms with Crippen molar-refractivity contribution in [3.8, 4) is 0 Å². The molecule has 3 atom stereocenters. The van der Waals surface area contributed by atoms with Crippen LogP contribution >= 0.6 is 22.9 Å². The van der Waals surface area contributed by atoms with Gasteiger partial charge in [0.05, 0.1) is 15.2 Å². The van der Waals surface area contributed by atoms with Crippen molar-refractivity contribution in [2.75, 3.05) is 27.2 Å². The van der Waals surface area contributed by atoms with Gasteiger partial charge < -0.3 is 20.9 Å². The summed E-state index contributed by atoms with van der Waals surface area (Å²) in [5.41, 5.74) is 1.26. The number of rotatable bonds is 14. The number of hydrogen-bond donors (Lipinski definition) is 3. The van der Waals surface area contributed by atoms with Gasteiger partial charge in [-0.25, -0.2) is 4.98 Å². The van der Waals surface area contributed by atoms with Crippen molar-refractivity contribution in [1.82, 2.24) is 25.8 Å². The number of nitrogens with one attached hydrogen (secondary N) is 3. The minimum atomic E-state index is -0.786. The van der Waals surface area contributed by atoms with Crippen molar-refractivity contribution in [3.05, 3.63) is 40.4 Å². The second kappa shape index (κ2) is 14.3. The maximum Gasteiger partial charge on any atom is 0.247 e. The van der Waals surface area contributed by atoms with Gasteiger partial charge in [-0.3, -0.25) is 14.4 Å². The van der Waals surface area contributed by atoms with Crippen LogP contribution in [0.3, 0.4) is 0 Å². The SMILES string of the molecule is C=C(CN(C)C)C(=O)NC[C@@H](NC(=O)[C@H](Cc1nc2ccc(Cl)cc2s1)NC(=O)CCC)[C@@H](C)CC. The molecular weight excluding hydrogens is 498 g/mol. The summed E-state index contributed by atoms with van der Waals surface area (Å²) < 4.78 is 0.926. The number of halogens is 1. The van der Waals surface area contributed by atoms with Crippen LogP contribution in [0.2, 0.25) is 5.02 Å². The van der Waals surface area contributed by atoms with Crippen molar-refractivity contribution >= 4 is 50.9 Å². The van der Waals surface area contributed by atoms with Gasteiger partial charge in [0.2, 0.25) is 17.7 Å². The molecule has 0 saturated heterocycles. The minimum absolute atomic E-state index is 0.105. The van der Waals surface area contributed by atoms with Gasteiger partial charge in [-0.2, -0.15) is 0 Å². The highest BCUT2D eigenvalue weighted by molar-refractivity contribution is 7.18. The van der Waals surface area contributed by atoms with Gasteiger partial charge >= 0.3 is 0 Å². The highest BCUT2D eigenvalue weighted by atomic mass is 35.5. The number of carbonyl (C=O) groups is 3. The molecule has 198 valence electrons. The van der Waals surface area contributed by atoms with E-state index in [-0.39, 0.29) is 42.6 Å². The fourth-order valence-electron chi connectivity index (χ4n) is 3.65. The lowest BCUT2D eigenvalue weighted by Gasteiger charge is -2.27. The van der Waals surface area contributed by atoms with E-state index in [1.54, 1.807) is 6.07 Å². The fourth-order valence-corrected chi connectivity index (χ4v) is 4.94. The Kier molecular flexibility index (Phi) is 11.8. The Morgan fingerprint density at radius 1 is 1.19 bits per heavy atom. The standard InChI is InChI=1S/C26H38ClN5O3S/c1-7-9-23(33)29-20(13-24-30-19-11-10-18(27)12-22(19)36-24)26(35)31-21(16(3)8-2)14-28-25(34)17(4)15-32(5)6/h10-12,16,20-21H,4,7-9,13-15H2,1-3,5-6H3,(H,28,34)(H,29,33)(H,31,35)/t16-,20-,21+/m0/s1. The van der Waals surface area contributed by atoms with Gasteiger partial charge in [0.1, 0.15) is 6.04 Å². The highest BCUT2D eigenvalue weighted by Crippen LogP contribution is 2.26. The number of hydrogen-bond acceptors (Lipinski definition) is 6. The number of likely N-dealkylation sites (N-methyl/N-ethyl adjacent to an activating group) is 1. The molecule has 1 aromatic carbocycles. The van der Waals surface area contributed by atoms with Crippen LogP contribution in [-0.4, -0.2) is 66.9 Å². The smallest absolute Gasteiger partial charge is 0.247 e. The van der Waals surface area contributed by atoms with Gasteiger partial charge in [-0.05, 0) is 44.6 Å². The maximum absolute atomic E-state index is 13.4. The quantitative estimate of drug-likeness (QED) is 0.321. The molecule has 0 saturated carbocycles. The molecule has 3 N–H and O–H groups in total. The zero-order chi connectivity index (χ0) is 26.8. The Labute approximate surface area is 222 Å². The Balaban J connectivity index is 2.16. The van der Waals surface area contributed by atoms with Crippen molar-refractivity contribution in [2.45, 2.75) is 58.5 Å². The minimum Gasteiger partial charge on any atom is -0.350 e. The first-order valence-corrected chi connectivity index (χ1v) is 13.5. The molecule has 10 heteroatoms. The Bertz CT molecular complexity index is 1070. The van der Waals surface area contributed by atoms with Crippen LogP contribution in [0.4, 0.5) is 0 Å². The molecule has 1 heterocycles. The van der Waals surface area contributed by atoms with Crippen molar-refractivity contribution < 1.29 is 14.4 Å². The summed E-state index contributed by atoms with van der Waals surface area (Å²) in [4.78, 5) is 44.8. The summed E-state index contributed by atoms with van der Waals surface area (Å²) >= 11 is 7.56. The van der Waals surface area contributed by atoms with E-state index >= 15 is 0 Å². The van der Waals surface area contributed by atoms with Gasteiger partial charge in [0.25, 0.3) is 0 Å². The molecule has 0 bridgehead atoms. The average Bonchev–Trinajstić information content (AvgIpc) is 3.21. The molecule has 0 aliphatic carbocycles. The van der Waals surface area contributed by atoms with E-state index in [0.717, 1.165) is 21.6 Å². The average molecular weight is 536 g/mol. The third kappa shape index (κ3) is 9.19. The monoisotopic (exact) mass is 535 g/mol. The number of benzene rings is 1. The largest absolute Gasteiger partial charge is 0.350 e. The molecule has 2 rings (SSSR count). The summed E-state index contributed by atoms with van der Waals surface area (Å²) in [6, 6.07) is 4.37. The molecule has 0 aliphatic heterocycles. The molecule has 0 spiro atoms. The van der Waals surface area contributed by atoms with E-state index in [2.05, 4.69) is 27.5 Å². The van der Waals surface area contributed by atoms with E-state index in [1.807, 2.05) is 51.9 Å². The molecule has 0 fully saturated rings. The maximum atomic E-state index is 13.4. The molecule has 36 heavy (non-hydrogen) atoms. The van der Waals surface area contributed by atoms with Crippen LogP contribution in [0.15, 0.2) is 30.4 Å². The first kappa shape index (κ1) is 29.7. The fraction of sp³-hybridized carbons (Fsp3) is 0.538. The number of carbonyl (C=O) groups excluding carboxylic acids is 3. The van der Waals surface area contributed by atoms with E-state index in [9.17, 15) is 14.4 Å². The first-order chi connectivity index (χ1) is 17.0. The van der Waals surface area contributed by atoms with Crippen LogP contribution in [-0.2, 0) is 20.8 Å². The summed E-state index contributed by atoms with van der Waals surface area (Å²) in [5, 5.41) is 10.2. The van der Waals surface area contributed by atoms with Crippen LogP contribution in [0.5, 0.6) is 0 Å². The van der Waals surface area contributed by atoms with Crippen LogP contribution in [0.25, 0.3) is 10.2 Å². The second-order valence-corrected chi connectivity index (χ2v) is 10.9. The van der Waals surface area contributed by atoms with Gasteiger partial charge in [-0.15, -0.1) is 11.3 Å². The molecule has 8 nitrogen and oxygen atoms in total. The predicted octanol–water partition coefficient (Wildman–Crippen LogP) is 3.54. The zero-order valence-electron chi connectivity index (χ0n) is 21.8. The van der Waals surface area contributed by atoms with Crippen molar-refractivity contribution in [1.29, 1.82) is 0 Å². The molecule has 0 aliphatic rings. The third-order valence-electron chi connectivity index (χ3n) is 5.87. The lowest BCUT2D eigenvalue weighted by Crippen LogP contribution is -2.54. The van der Waals surface area contributed by atoms with E-state index < -0.39 is 6.04 Å². The lowest BCUT2D eigenvalue weighted by molar-refractivity contribution is -0.129. The van der Waals surface area contributed by atoms with Gasteiger partial charge in [-0.1, -0.05) is 45.4 Å². The summed E-state index contributed by atoms with van der Waals surface area (Å²) in [7, 11) is 3.74. The van der Waals surface area contributed by atoms with Gasteiger partial charge in [0, 0.05) is 42.6 Å². The molecule has 3 amide bonds. The molecule has 0 radical (unpaired) electrons. The third-order valence-corrected chi connectivity index (χ3v) is 7.15. The predicted molar refractivity (Wildman–Crippen MR) is 147 cm³/mol. The van der Waals surface area contributed by atoms with Crippen LogP contribution in [0.1, 0.15) is 45.0 Å². The Hall–Kier alpha value is -2.49. The number of thiazole rings is 1. The summed E-state index contributed by atoms with van der Waals surface area (Å²) in [6.45, 7) is 10.5. The lowest BCUT2D eigenvalue weighted by atomic mass is 9.98. The summed E-state index contributed by atoms with van der Waals surface area (Å²) in [5.74, 6) is -0.626. The Morgan fingerprint density at radius 3 is 2.56 bits per heavy atom. The van der Waals surface area contributed by atoms with Gasteiger partial charge in [0.15, 0.2) is 0 Å². The number of aromatic nitrogens is 1. The molecular formula is C26H38ClN5O3S. The normalized spacial score (nSPS) is 13.8. The highest BCUT2D eigenvalue weighted by Gasteiger charge is 2.27. The number of nitrogens with zero attached hydrogens (tertiary/aromatic N) is 2. The van der Waals surface area contributed by atoms with E-state index in [1.165, 1.54) is 11.3 Å². The molecule has 2 aromatic rings. The van der Waals surface area contributed by atoms with Crippen LogP contribution in [0, 0.1) is 5.92 Å². The number of amides is 3. The molecule has 1 aromatic heterocycles.